The monoisotopic (exact) mass is 236 g/mol. The Hall–Kier alpha value is -1.13. The van der Waals surface area contributed by atoms with E-state index < -0.39 is 0 Å². The van der Waals surface area contributed by atoms with Gasteiger partial charge in [0.15, 0.2) is 5.13 Å². The van der Waals surface area contributed by atoms with Crippen LogP contribution < -0.4 is 5.32 Å². The number of aromatic nitrogens is 1. The zero-order valence-corrected chi connectivity index (χ0v) is 10.6. The van der Waals surface area contributed by atoms with E-state index in [2.05, 4.69) is 35.4 Å². The highest BCUT2D eigenvalue weighted by Gasteiger charge is 2.05. The molecular weight excluding hydrogens is 220 g/mol. The second-order valence-electron chi connectivity index (χ2n) is 3.92. The minimum absolute atomic E-state index is 0.203. The predicted octanol–water partition coefficient (Wildman–Crippen LogP) is 3.05. The molecule has 0 aliphatic rings. The number of fused-ring (bicyclic) bond motifs is 1. The van der Waals surface area contributed by atoms with Gasteiger partial charge < -0.3 is 10.1 Å². The Kier molecular flexibility index (Phi) is 3.41. The summed E-state index contributed by atoms with van der Waals surface area (Å²) in [5.74, 6) is 0. The first kappa shape index (κ1) is 11.4. The van der Waals surface area contributed by atoms with Gasteiger partial charge in [0, 0.05) is 13.7 Å². The van der Waals surface area contributed by atoms with Crippen molar-refractivity contribution >= 4 is 26.7 Å². The number of hydrogen-bond donors (Lipinski definition) is 1. The molecule has 0 saturated heterocycles. The Labute approximate surface area is 99.5 Å². The number of methoxy groups -OCH3 is 1. The van der Waals surface area contributed by atoms with Crippen LogP contribution >= 0.6 is 11.3 Å². The number of aryl methyl sites for hydroxylation is 1. The quantitative estimate of drug-likeness (QED) is 0.886. The van der Waals surface area contributed by atoms with Crippen molar-refractivity contribution in [1.82, 2.24) is 4.98 Å². The lowest BCUT2D eigenvalue weighted by atomic mass is 10.2. The van der Waals surface area contributed by atoms with Gasteiger partial charge in [-0.05, 0) is 31.5 Å². The third-order valence-electron chi connectivity index (χ3n) is 2.49. The van der Waals surface area contributed by atoms with Crippen molar-refractivity contribution in [1.29, 1.82) is 0 Å². The fourth-order valence-corrected chi connectivity index (χ4v) is 2.28. The summed E-state index contributed by atoms with van der Waals surface area (Å²) in [6.45, 7) is 4.90. The van der Waals surface area contributed by atoms with E-state index in [4.69, 9.17) is 4.74 Å². The summed E-state index contributed by atoms with van der Waals surface area (Å²) in [6.07, 6.45) is 0.203. The van der Waals surface area contributed by atoms with Crippen LogP contribution in [0.15, 0.2) is 18.2 Å². The van der Waals surface area contributed by atoms with E-state index >= 15 is 0 Å². The third kappa shape index (κ3) is 2.51. The summed E-state index contributed by atoms with van der Waals surface area (Å²) in [7, 11) is 1.72. The zero-order chi connectivity index (χ0) is 11.5. The summed E-state index contributed by atoms with van der Waals surface area (Å²) in [5, 5.41) is 4.25. The number of thiazole rings is 1. The number of nitrogens with zero attached hydrogens (tertiary/aromatic N) is 1. The van der Waals surface area contributed by atoms with Gasteiger partial charge in [-0.1, -0.05) is 17.4 Å². The van der Waals surface area contributed by atoms with E-state index in [1.807, 2.05) is 6.92 Å². The molecule has 0 amide bonds. The molecule has 0 fully saturated rings. The lowest BCUT2D eigenvalue weighted by molar-refractivity contribution is 0.129. The summed E-state index contributed by atoms with van der Waals surface area (Å²) in [5.41, 5.74) is 2.31. The Balaban J connectivity index is 2.13. The second kappa shape index (κ2) is 4.80. The molecule has 1 N–H and O–H groups in total. The first-order chi connectivity index (χ1) is 7.69. The smallest absolute Gasteiger partial charge is 0.183 e. The lowest BCUT2D eigenvalue weighted by Gasteiger charge is -2.08. The molecule has 0 spiro atoms. The van der Waals surface area contributed by atoms with Gasteiger partial charge in [0.05, 0.1) is 16.3 Å². The van der Waals surface area contributed by atoms with Crippen LogP contribution in [-0.4, -0.2) is 24.7 Å². The zero-order valence-electron chi connectivity index (χ0n) is 9.78. The fraction of sp³-hybridized carbons (Fsp3) is 0.417. The van der Waals surface area contributed by atoms with Crippen molar-refractivity contribution in [3.63, 3.8) is 0 Å². The maximum absolute atomic E-state index is 5.18. The van der Waals surface area contributed by atoms with Crippen molar-refractivity contribution in [2.24, 2.45) is 0 Å². The maximum atomic E-state index is 5.18. The van der Waals surface area contributed by atoms with Crippen LogP contribution in [0.25, 0.3) is 10.2 Å². The molecule has 2 rings (SSSR count). The molecular formula is C12H16N2OS. The SMILES string of the molecule is COC(C)CNc1nc2cc(C)ccc2s1. The van der Waals surface area contributed by atoms with Gasteiger partial charge in [-0.25, -0.2) is 4.98 Å². The lowest BCUT2D eigenvalue weighted by Crippen LogP contribution is -2.17. The minimum Gasteiger partial charge on any atom is -0.380 e. The predicted molar refractivity (Wildman–Crippen MR) is 69.3 cm³/mol. The molecule has 1 aromatic heterocycles. The van der Waals surface area contributed by atoms with Crippen molar-refractivity contribution < 1.29 is 4.74 Å². The topological polar surface area (TPSA) is 34.1 Å². The van der Waals surface area contributed by atoms with Crippen LogP contribution in [0.5, 0.6) is 0 Å². The molecule has 0 aliphatic carbocycles. The highest BCUT2D eigenvalue weighted by Crippen LogP contribution is 2.26. The van der Waals surface area contributed by atoms with E-state index in [-0.39, 0.29) is 6.10 Å². The van der Waals surface area contributed by atoms with Crippen LogP contribution in [0.2, 0.25) is 0 Å². The average Bonchev–Trinajstić information content (AvgIpc) is 2.67. The first-order valence-corrected chi connectivity index (χ1v) is 6.14. The van der Waals surface area contributed by atoms with Crippen molar-refractivity contribution in [3.8, 4) is 0 Å². The molecule has 3 nitrogen and oxygen atoms in total. The van der Waals surface area contributed by atoms with Crippen LogP contribution in [0.1, 0.15) is 12.5 Å². The summed E-state index contributed by atoms with van der Waals surface area (Å²) in [4.78, 5) is 4.53. The van der Waals surface area contributed by atoms with E-state index in [9.17, 15) is 0 Å². The standard InChI is InChI=1S/C12H16N2OS/c1-8-4-5-11-10(6-8)14-12(16-11)13-7-9(2)15-3/h4-6,9H,7H2,1-3H3,(H,13,14). The van der Waals surface area contributed by atoms with E-state index in [1.165, 1.54) is 10.3 Å². The van der Waals surface area contributed by atoms with E-state index in [1.54, 1.807) is 18.4 Å². The highest BCUT2D eigenvalue weighted by molar-refractivity contribution is 7.22. The van der Waals surface area contributed by atoms with Gasteiger partial charge in [-0.15, -0.1) is 0 Å². The summed E-state index contributed by atoms with van der Waals surface area (Å²) >= 11 is 1.68. The van der Waals surface area contributed by atoms with Gasteiger partial charge in [0.1, 0.15) is 0 Å². The fourth-order valence-electron chi connectivity index (χ4n) is 1.43. The summed E-state index contributed by atoms with van der Waals surface area (Å²) < 4.78 is 6.40. The van der Waals surface area contributed by atoms with E-state index in [0.29, 0.717) is 0 Å². The largest absolute Gasteiger partial charge is 0.380 e. The Morgan fingerprint density at radius 2 is 2.31 bits per heavy atom. The van der Waals surface area contributed by atoms with Crippen molar-refractivity contribution in [2.45, 2.75) is 20.0 Å². The molecule has 16 heavy (non-hydrogen) atoms. The second-order valence-corrected chi connectivity index (χ2v) is 4.95. The van der Waals surface area contributed by atoms with Crippen LogP contribution in [0.4, 0.5) is 5.13 Å². The number of rotatable bonds is 4. The molecule has 1 atom stereocenters. The molecule has 0 saturated carbocycles. The average molecular weight is 236 g/mol. The number of ether oxygens (including phenoxy) is 1. The van der Waals surface area contributed by atoms with Gasteiger partial charge in [0.25, 0.3) is 0 Å². The van der Waals surface area contributed by atoms with Gasteiger partial charge in [-0.2, -0.15) is 0 Å². The Bertz CT molecular complexity index is 481. The van der Waals surface area contributed by atoms with Gasteiger partial charge in [-0.3, -0.25) is 0 Å². The minimum atomic E-state index is 0.203. The molecule has 0 bridgehead atoms. The summed E-state index contributed by atoms with van der Waals surface area (Å²) in [6, 6.07) is 6.34. The first-order valence-electron chi connectivity index (χ1n) is 5.33. The number of nitrogens with one attached hydrogen (secondary N) is 1. The molecule has 1 aromatic carbocycles. The molecule has 2 aromatic rings. The number of hydrogen-bond acceptors (Lipinski definition) is 4. The number of benzene rings is 1. The number of anilines is 1. The highest BCUT2D eigenvalue weighted by atomic mass is 32.1. The molecule has 0 radical (unpaired) electrons. The van der Waals surface area contributed by atoms with Crippen LogP contribution in [-0.2, 0) is 4.74 Å². The van der Waals surface area contributed by atoms with Crippen molar-refractivity contribution in [3.05, 3.63) is 23.8 Å². The Morgan fingerprint density at radius 1 is 1.50 bits per heavy atom. The van der Waals surface area contributed by atoms with Crippen LogP contribution in [0.3, 0.4) is 0 Å². The molecule has 1 heterocycles. The Morgan fingerprint density at radius 3 is 3.06 bits per heavy atom. The van der Waals surface area contributed by atoms with Gasteiger partial charge >= 0.3 is 0 Å². The van der Waals surface area contributed by atoms with Gasteiger partial charge in [0.2, 0.25) is 0 Å². The van der Waals surface area contributed by atoms with Crippen molar-refractivity contribution in [2.75, 3.05) is 19.0 Å². The normalized spacial score (nSPS) is 12.9. The third-order valence-corrected chi connectivity index (χ3v) is 3.48. The molecule has 0 aliphatic heterocycles. The van der Waals surface area contributed by atoms with E-state index in [0.717, 1.165) is 17.2 Å². The van der Waals surface area contributed by atoms with Crippen LogP contribution in [0, 0.1) is 6.92 Å². The maximum Gasteiger partial charge on any atom is 0.183 e. The molecule has 4 heteroatoms. The molecule has 86 valence electrons. The molecule has 1 unspecified atom stereocenters.